The van der Waals surface area contributed by atoms with E-state index >= 15 is 0 Å². The van der Waals surface area contributed by atoms with Crippen molar-refractivity contribution in [3.63, 3.8) is 0 Å². The van der Waals surface area contributed by atoms with Gasteiger partial charge in [-0.25, -0.2) is 0 Å². The zero-order chi connectivity index (χ0) is 24.8. The summed E-state index contributed by atoms with van der Waals surface area (Å²) in [7, 11) is 0. The maximum absolute atomic E-state index is 13.7. The van der Waals surface area contributed by atoms with Crippen LogP contribution >= 0.6 is 11.6 Å². The van der Waals surface area contributed by atoms with Gasteiger partial charge in [0.05, 0.1) is 11.5 Å². The van der Waals surface area contributed by atoms with Crippen LogP contribution < -0.4 is 0 Å². The van der Waals surface area contributed by atoms with E-state index < -0.39 is 46.4 Å². The number of hydrogen-bond acceptors (Lipinski definition) is 7. The molecule has 7 nitrogen and oxygen atoms in total. The third-order valence-electron chi connectivity index (χ3n) is 9.59. The minimum absolute atomic E-state index is 0.00692. The lowest BCUT2D eigenvalue weighted by molar-refractivity contribution is -0.193. The van der Waals surface area contributed by atoms with Crippen molar-refractivity contribution in [3.05, 3.63) is 23.8 Å². The van der Waals surface area contributed by atoms with Crippen LogP contribution in [-0.4, -0.2) is 52.8 Å². The molecule has 5 aliphatic rings. The van der Waals surface area contributed by atoms with Gasteiger partial charge >= 0.3 is 11.9 Å². The Morgan fingerprint density at radius 3 is 2.50 bits per heavy atom. The quantitative estimate of drug-likeness (QED) is 0.338. The minimum Gasteiger partial charge on any atom is -0.458 e. The first kappa shape index (κ1) is 23.7. The summed E-state index contributed by atoms with van der Waals surface area (Å²) in [6.45, 7) is 8.16. The topological polar surface area (TPSA) is 99.3 Å². The van der Waals surface area contributed by atoms with Crippen molar-refractivity contribution >= 4 is 35.1 Å². The fraction of sp³-hybridized carbons (Fsp3) is 0.692. The molecule has 0 N–H and O–H groups in total. The molecule has 8 heteroatoms. The number of fused-ring (bicyclic) bond motifs is 3. The van der Waals surface area contributed by atoms with Gasteiger partial charge in [-0.1, -0.05) is 19.9 Å². The average Bonchev–Trinajstić information content (AvgIpc) is 3.42. The molecule has 0 radical (unpaired) electrons. The van der Waals surface area contributed by atoms with Crippen molar-refractivity contribution in [1.82, 2.24) is 0 Å². The minimum atomic E-state index is -1.42. The van der Waals surface area contributed by atoms with Gasteiger partial charge in [-0.05, 0) is 55.7 Å². The first-order valence-corrected chi connectivity index (χ1v) is 12.4. The first-order valence-electron chi connectivity index (χ1n) is 12.0. The van der Waals surface area contributed by atoms with E-state index in [1.807, 2.05) is 19.9 Å². The number of ketones is 2. The van der Waals surface area contributed by atoms with Crippen LogP contribution in [0.5, 0.6) is 0 Å². The van der Waals surface area contributed by atoms with Gasteiger partial charge in [0.2, 0.25) is 5.78 Å². The highest BCUT2D eigenvalue weighted by molar-refractivity contribution is 6.23. The molecule has 0 aromatic rings. The molecule has 34 heavy (non-hydrogen) atoms. The van der Waals surface area contributed by atoms with E-state index in [1.165, 1.54) is 13.8 Å². The number of carbonyl (C=O) groups excluding carboxylic acids is 4. The van der Waals surface area contributed by atoms with E-state index in [4.69, 9.17) is 25.8 Å². The van der Waals surface area contributed by atoms with E-state index in [2.05, 4.69) is 6.92 Å². The summed E-state index contributed by atoms with van der Waals surface area (Å²) in [4.78, 5) is 49.6. The number of epoxide rings is 1. The second kappa shape index (κ2) is 7.26. The largest absolute Gasteiger partial charge is 0.458 e. The second-order valence-electron chi connectivity index (χ2n) is 11.1. The Hall–Kier alpha value is -1.99. The van der Waals surface area contributed by atoms with Gasteiger partial charge in [0.15, 0.2) is 18.0 Å². The van der Waals surface area contributed by atoms with Crippen LogP contribution in [0.2, 0.25) is 0 Å². The van der Waals surface area contributed by atoms with Gasteiger partial charge in [0.1, 0.15) is 5.60 Å². The summed E-state index contributed by atoms with van der Waals surface area (Å²) in [6.07, 6.45) is 6.81. The molecule has 0 aromatic heterocycles. The second-order valence-corrected chi connectivity index (χ2v) is 11.7. The number of allylic oxidation sites excluding steroid dienone is 2. The molecule has 4 fully saturated rings. The number of hydrogen-bond donors (Lipinski definition) is 0. The van der Waals surface area contributed by atoms with Gasteiger partial charge in [-0.15, -0.1) is 11.6 Å². The molecule has 1 aliphatic heterocycles. The fourth-order valence-corrected chi connectivity index (χ4v) is 8.81. The maximum Gasteiger partial charge on any atom is 0.303 e. The highest BCUT2D eigenvalue weighted by Gasteiger charge is 2.83. The summed E-state index contributed by atoms with van der Waals surface area (Å²) in [5.41, 5.74) is -2.26. The standard InChI is InChI=1S/C26H31ClO7/c1-13-8-17-18-10-20(27)19-9-16(30)6-7-23(19,4)26(18)22(34-26)11-24(17,5)25(13,33-15(3)29)21(31)12-32-14(2)28/h6-7,9,13,17-18,20,22H,8,10-12H2,1-5H3/t13-,17-,18-,20-,22-,23-,24-,25-,26+/m0/s1. The molecule has 184 valence electrons. The highest BCUT2D eigenvalue weighted by atomic mass is 35.5. The van der Waals surface area contributed by atoms with Crippen molar-refractivity contribution in [3.8, 4) is 0 Å². The number of halogens is 1. The van der Waals surface area contributed by atoms with Crippen LogP contribution in [0, 0.1) is 28.6 Å². The lowest BCUT2D eigenvalue weighted by Crippen LogP contribution is -2.64. The molecule has 3 saturated carbocycles. The zero-order valence-electron chi connectivity index (χ0n) is 20.2. The summed E-state index contributed by atoms with van der Waals surface area (Å²) in [6, 6.07) is 0. The van der Waals surface area contributed by atoms with Crippen molar-refractivity contribution in [2.24, 2.45) is 28.6 Å². The Kier molecular flexibility index (Phi) is 5.07. The number of alkyl halides is 1. The average molecular weight is 491 g/mol. The number of rotatable bonds is 4. The SMILES string of the molecule is CC(=O)OCC(=O)[C@@]1(OC(C)=O)[C@@H](C)C[C@H]2[C@@H]3C[C@H](Cl)C4=CC(=O)C=C[C@]4(C)[C@@]34O[C@H]4C[C@@]21C. The van der Waals surface area contributed by atoms with Gasteiger partial charge in [-0.3, -0.25) is 19.2 Å². The molecule has 0 unspecified atom stereocenters. The van der Waals surface area contributed by atoms with Crippen LogP contribution in [0.3, 0.4) is 0 Å². The lowest BCUT2D eigenvalue weighted by Gasteiger charge is -2.57. The Bertz CT molecular complexity index is 1060. The third-order valence-corrected chi connectivity index (χ3v) is 10.00. The highest BCUT2D eigenvalue weighted by Crippen LogP contribution is 2.77. The van der Waals surface area contributed by atoms with E-state index in [-0.39, 0.29) is 35.0 Å². The summed E-state index contributed by atoms with van der Waals surface area (Å²) < 4.78 is 17.6. The molecule has 1 heterocycles. The lowest BCUT2D eigenvalue weighted by atomic mass is 9.46. The van der Waals surface area contributed by atoms with Gasteiger partial charge in [0, 0.05) is 30.6 Å². The fourth-order valence-electron chi connectivity index (χ4n) is 8.33. The molecular weight excluding hydrogens is 460 g/mol. The summed E-state index contributed by atoms with van der Waals surface area (Å²) >= 11 is 6.90. The van der Waals surface area contributed by atoms with Crippen LogP contribution in [0.1, 0.15) is 53.9 Å². The van der Waals surface area contributed by atoms with Crippen molar-refractivity contribution in [2.45, 2.75) is 76.6 Å². The number of carbonyl (C=O) groups is 4. The Labute approximate surface area is 204 Å². The Balaban J connectivity index is 1.59. The Morgan fingerprint density at radius 2 is 1.85 bits per heavy atom. The molecule has 0 bridgehead atoms. The number of ether oxygens (including phenoxy) is 3. The van der Waals surface area contributed by atoms with Crippen LogP contribution in [0.15, 0.2) is 23.8 Å². The maximum atomic E-state index is 13.7. The van der Waals surface area contributed by atoms with Gasteiger partial charge in [-0.2, -0.15) is 0 Å². The van der Waals surface area contributed by atoms with Crippen molar-refractivity contribution in [1.29, 1.82) is 0 Å². The van der Waals surface area contributed by atoms with Crippen LogP contribution in [0.4, 0.5) is 0 Å². The van der Waals surface area contributed by atoms with Crippen LogP contribution in [-0.2, 0) is 33.4 Å². The smallest absolute Gasteiger partial charge is 0.303 e. The molecule has 0 amide bonds. The van der Waals surface area contributed by atoms with E-state index in [9.17, 15) is 19.2 Å². The Morgan fingerprint density at radius 1 is 1.15 bits per heavy atom. The van der Waals surface area contributed by atoms with E-state index in [0.29, 0.717) is 19.3 Å². The number of esters is 2. The van der Waals surface area contributed by atoms with Crippen molar-refractivity contribution < 1.29 is 33.4 Å². The molecule has 1 saturated heterocycles. The van der Waals surface area contributed by atoms with Gasteiger partial charge in [0.25, 0.3) is 0 Å². The van der Waals surface area contributed by atoms with E-state index in [1.54, 1.807) is 12.2 Å². The summed E-state index contributed by atoms with van der Waals surface area (Å²) in [5, 5.41) is -0.336. The summed E-state index contributed by atoms with van der Waals surface area (Å²) in [5.74, 6) is -1.82. The molecule has 0 aromatic carbocycles. The molecular formula is C26H31ClO7. The molecule has 4 aliphatic carbocycles. The predicted molar refractivity (Wildman–Crippen MR) is 122 cm³/mol. The number of Topliss-reactive ketones (excluding diaryl/α,β-unsaturated/α-hetero) is 1. The third kappa shape index (κ3) is 2.74. The normalized spacial score (nSPS) is 48.0. The monoisotopic (exact) mass is 490 g/mol. The zero-order valence-corrected chi connectivity index (χ0v) is 20.9. The molecule has 1 spiro atoms. The van der Waals surface area contributed by atoms with Crippen molar-refractivity contribution in [2.75, 3.05) is 6.61 Å². The van der Waals surface area contributed by atoms with E-state index in [0.717, 1.165) is 5.57 Å². The van der Waals surface area contributed by atoms with Gasteiger partial charge < -0.3 is 14.2 Å². The van der Waals surface area contributed by atoms with Crippen LogP contribution in [0.25, 0.3) is 0 Å². The molecule has 5 rings (SSSR count). The molecule has 9 atom stereocenters. The predicted octanol–water partition coefficient (Wildman–Crippen LogP) is 3.32. The first-order chi connectivity index (χ1) is 15.8.